The Hall–Kier alpha value is -2.84. The highest BCUT2D eigenvalue weighted by Gasteiger charge is 2.43. The van der Waals surface area contributed by atoms with Crippen LogP contribution in [0.1, 0.15) is 68.9 Å². The molecule has 2 saturated heterocycles. The molecule has 0 aromatic heterocycles. The van der Waals surface area contributed by atoms with Crippen LogP contribution in [0.15, 0.2) is 30.3 Å². The molecule has 1 saturated carbocycles. The molecule has 3 aliphatic rings. The number of carboxylic acids is 1. The highest BCUT2D eigenvalue weighted by Crippen LogP contribution is 2.40. The Labute approximate surface area is 219 Å². The van der Waals surface area contributed by atoms with Gasteiger partial charge in [-0.2, -0.15) is 13.2 Å². The van der Waals surface area contributed by atoms with Crippen LogP contribution >= 0.6 is 0 Å². The monoisotopic (exact) mass is 535 g/mol. The Kier molecular flexibility index (Phi) is 7.56. The van der Waals surface area contributed by atoms with E-state index in [4.69, 9.17) is 4.74 Å². The SMILES string of the molecule is O=C(O)C1CC2CCCC(C1)N2C(=O)Cc1ccc2c(CF)c(OC3CCC(C(F)(F)F)CC3)ccc2c1. The van der Waals surface area contributed by atoms with Crippen molar-refractivity contribution in [3.8, 4) is 5.75 Å². The molecule has 0 radical (unpaired) electrons. The van der Waals surface area contributed by atoms with E-state index < -0.39 is 30.7 Å². The molecule has 3 fully saturated rings. The fourth-order valence-corrected chi connectivity index (χ4v) is 6.73. The quantitative estimate of drug-likeness (QED) is 0.424. The number of benzene rings is 2. The lowest BCUT2D eigenvalue weighted by atomic mass is 9.78. The Bertz CT molecular complexity index is 1180. The van der Waals surface area contributed by atoms with Gasteiger partial charge in [-0.1, -0.05) is 24.3 Å². The number of carbonyl (C=O) groups is 2. The van der Waals surface area contributed by atoms with Gasteiger partial charge in [-0.3, -0.25) is 9.59 Å². The Morgan fingerprint density at radius 2 is 1.66 bits per heavy atom. The van der Waals surface area contributed by atoms with E-state index in [-0.39, 0.29) is 56.2 Å². The van der Waals surface area contributed by atoms with Crippen molar-refractivity contribution in [2.75, 3.05) is 0 Å². The zero-order chi connectivity index (χ0) is 27.0. The molecule has 2 unspecified atom stereocenters. The first kappa shape index (κ1) is 26.8. The number of nitrogens with zero attached hydrogens (tertiary/aromatic N) is 1. The van der Waals surface area contributed by atoms with Gasteiger partial charge in [-0.05, 0) is 80.2 Å². The molecule has 1 aliphatic carbocycles. The maximum atomic E-state index is 14.1. The van der Waals surface area contributed by atoms with Crippen molar-refractivity contribution < 1.29 is 37.0 Å². The molecular formula is C29H33F4NO4. The molecule has 2 atom stereocenters. The topological polar surface area (TPSA) is 66.8 Å². The van der Waals surface area contributed by atoms with Gasteiger partial charge in [0.2, 0.25) is 5.91 Å². The first-order valence-corrected chi connectivity index (χ1v) is 13.5. The minimum absolute atomic E-state index is 0.0111. The number of ether oxygens (including phenoxy) is 1. The van der Waals surface area contributed by atoms with Crippen LogP contribution < -0.4 is 4.74 Å². The van der Waals surface area contributed by atoms with E-state index >= 15 is 0 Å². The average Bonchev–Trinajstić information content (AvgIpc) is 2.87. The molecule has 2 bridgehead atoms. The molecule has 2 aromatic carbocycles. The number of halogens is 4. The van der Waals surface area contributed by atoms with E-state index in [0.717, 1.165) is 30.2 Å². The van der Waals surface area contributed by atoms with Gasteiger partial charge in [0, 0.05) is 17.6 Å². The molecule has 0 spiro atoms. The van der Waals surface area contributed by atoms with Crippen molar-refractivity contribution in [3.05, 3.63) is 41.5 Å². The minimum atomic E-state index is -4.19. The fraction of sp³-hybridized carbons (Fsp3) is 0.586. The summed E-state index contributed by atoms with van der Waals surface area (Å²) in [4.78, 5) is 26.7. The summed E-state index contributed by atoms with van der Waals surface area (Å²) in [5, 5.41) is 10.9. The third-order valence-corrected chi connectivity index (χ3v) is 8.68. The first-order chi connectivity index (χ1) is 18.1. The largest absolute Gasteiger partial charge is 0.490 e. The lowest BCUT2D eigenvalue weighted by Gasteiger charge is -2.48. The van der Waals surface area contributed by atoms with Gasteiger partial charge in [0.25, 0.3) is 0 Å². The minimum Gasteiger partial charge on any atom is -0.490 e. The summed E-state index contributed by atoms with van der Waals surface area (Å²) in [6, 6.07) is 8.83. The molecular weight excluding hydrogens is 502 g/mol. The van der Waals surface area contributed by atoms with Crippen molar-refractivity contribution in [2.24, 2.45) is 11.8 Å². The lowest BCUT2D eigenvalue weighted by Crippen LogP contribution is -2.56. The summed E-state index contributed by atoms with van der Waals surface area (Å²) in [5.41, 5.74) is 1.16. The molecule has 2 heterocycles. The highest BCUT2D eigenvalue weighted by molar-refractivity contribution is 5.89. The van der Waals surface area contributed by atoms with E-state index in [0.29, 0.717) is 29.5 Å². The Balaban J connectivity index is 1.28. The maximum absolute atomic E-state index is 14.1. The number of hydrogen-bond donors (Lipinski definition) is 1. The fourth-order valence-electron chi connectivity index (χ4n) is 6.73. The third-order valence-electron chi connectivity index (χ3n) is 8.68. The number of fused-ring (bicyclic) bond motifs is 3. The molecule has 2 aromatic rings. The number of piperidine rings is 2. The van der Waals surface area contributed by atoms with E-state index in [1.165, 1.54) is 0 Å². The van der Waals surface area contributed by atoms with Crippen molar-refractivity contribution in [3.63, 3.8) is 0 Å². The van der Waals surface area contributed by atoms with Crippen molar-refractivity contribution in [1.29, 1.82) is 0 Å². The molecule has 206 valence electrons. The maximum Gasteiger partial charge on any atom is 0.391 e. The van der Waals surface area contributed by atoms with Crippen molar-refractivity contribution in [1.82, 2.24) is 4.90 Å². The van der Waals surface area contributed by atoms with Gasteiger partial charge in [0.15, 0.2) is 0 Å². The van der Waals surface area contributed by atoms with Crippen LogP contribution in [-0.2, 0) is 22.7 Å². The third kappa shape index (κ3) is 5.47. The number of rotatable bonds is 6. The first-order valence-electron chi connectivity index (χ1n) is 13.5. The zero-order valence-corrected chi connectivity index (χ0v) is 21.2. The number of aliphatic carboxylic acids is 1. The number of hydrogen-bond acceptors (Lipinski definition) is 3. The van der Waals surface area contributed by atoms with Crippen molar-refractivity contribution >= 4 is 22.6 Å². The van der Waals surface area contributed by atoms with E-state index in [1.807, 2.05) is 11.0 Å². The molecule has 1 amide bonds. The van der Waals surface area contributed by atoms with Gasteiger partial charge in [0.1, 0.15) is 12.4 Å². The normalized spacial score (nSPS) is 27.8. The second-order valence-corrected chi connectivity index (χ2v) is 11.1. The van der Waals surface area contributed by atoms with Gasteiger partial charge in [-0.15, -0.1) is 0 Å². The van der Waals surface area contributed by atoms with Gasteiger partial charge >= 0.3 is 12.1 Å². The number of carbonyl (C=O) groups excluding carboxylic acids is 1. The molecule has 5 rings (SSSR count). The Morgan fingerprint density at radius 1 is 0.974 bits per heavy atom. The number of amides is 1. The average molecular weight is 536 g/mol. The summed E-state index contributed by atoms with van der Waals surface area (Å²) in [6.07, 6.45) is -0.155. The van der Waals surface area contributed by atoms with Gasteiger partial charge in [-0.25, -0.2) is 4.39 Å². The summed E-state index contributed by atoms with van der Waals surface area (Å²) < 4.78 is 59.0. The van der Waals surface area contributed by atoms with E-state index in [1.54, 1.807) is 24.3 Å². The van der Waals surface area contributed by atoms with Crippen molar-refractivity contribution in [2.45, 2.75) is 95.2 Å². The molecule has 1 N–H and O–H groups in total. The van der Waals surface area contributed by atoms with Crippen LogP contribution in [0.5, 0.6) is 5.75 Å². The van der Waals surface area contributed by atoms with E-state index in [9.17, 15) is 32.3 Å². The molecule has 5 nitrogen and oxygen atoms in total. The second-order valence-electron chi connectivity index (χ2n) is 11.1. The molecule has 9 heteroatoms. The Morgan fingerprint density at radius 3 is 2.26 bits per heavy atom. The molecule has 2 aliphatic heterocycles. The summed E-state index contributed by atoms with van der Waals surface area (Å²) in [7, 11) is 0. The van der Waals surface area contributed by atoms with E-state index in [2.05, 4.69) is 0 Å². The standard InChI is InChI=1S/C29H33F4NO4/c30-16-25-24-10-4-17(13-27(35)34-21-2-1-3-22(34)15-19(14-21)28(36)37)12-18(24)5-11-26(25)38-23-8-6-20(7-9-23)29(31,32)33/h4-5,10-12,19-23H,1-3,6-9,13-16H2,(H,36,37). The summed E-state index contributed by atoms with van der Waals surface area (Å²) in [6.45, 7) is -0.773. The summed E-state index contributed by atoms with van der Waals surface area (Å²) >= 11 is 0. The number of alkyl halides is 4. The van der Waals surface area contributed by atoms with Gasteiger partial charge in [0.05, 0.1) is 24.4 Å². The lowest BCUT2D eigenvalue weighted by molar-refractivity contribution is -0.185. The van der Waals surface area contributed by atoms with Crippen LogP contribution in [-0.4, -0.2) is 46.2 Å². The zero-order valence-electron chi connectivity index (χ0n) is 21.2. The van der Waals surface area contributed by atoms with Crippen LogP contribution in [0.4, 0.5) is 17.6 Å². The number of carboxylic acid groups (broad SMARTS) is 1. The highest BCUT2D eigenvalue weighted by atomic mass is 19.4. The smallest absolute Gasteiger partial charge is 0.391 e. The summed E-state index contributed by atoms with van der Waals surface area (Å²) in [5.74, 6) is -2.14. The predicted molar refractivity (Wildman–Crippen MR) is 134 cm³/mol. The van der Waals surface area contributed by atoms with Crippen LogP contribution in [0.3, 0.4) is 0 Å². The van der Waals surface area contributed by atoms with Crippen LogP contribution in [0.2, 0.25) is 0 Å². The van der Waals surface area contributed by atoms with Crippen LogP contribution in [0.25, 0.3) is 10.8 Å². The van der Waals surface area contributed by atoms with Crippen LogP contribution in [0, 0.1) is 11.8 Å². The predicted octanol–water partition coefficient (Wildman–Crippen LogP) is 6.60. The molecule has 38 heavy (non-hydrogen) atoms. The van der Waals surface area contributed by atoms with Gasteiger partial charge < -0.3 is 14.7 Å². The second kappa shape index (κ2) is 10.7.